The van der Waals surface area contributed by atoms with Crippen LogP contribution in [0.25, 0.3) is 11.3 Å². The van der Waals surface area contributed by atoms with Crippen molar-refractivity contribution >= 4 is 34.0 Å². The molecule has 1 aromatic heterocycles. The number of methoxy groups -OCH3 is 1. The van der Waals surface area contributed by atoms with E-state index in [-0.39, 0.29) is 23.6 Å². The highest BCUT2D eigenvalue weighted by Crippen LogP contribution is 2.23. The zero-order valence-electron chi connectivity index (χ0n) is 14.0. The Morgan fingerprint density at radius 3 is 2.44 bits per heavy atom. The van der Waals surface area contributed by atoms with Gasteiger partial charge in [0.1, 0.15) is 5.75 Å². The SMILES string of the molecule is Br.COc1ccc(-c2csc(=Nc3ccccc3)n2CCCO)cc1. The molecule has 0 fully saturated rings. The number of hydrogen-bond acceptors (Lipinski definition) is 4. The maximum Gasteiger partial charge on any atom is 0.190 e. The standard InChI is InChI=1S/C19H20N2O2S.BrH/c1-23-17-10-8-15(9-11-17)18-14-24-19(21(18)12-5-13-22)20-16-6-3-2-4-7-16;/h2-4,6-11,14,22H,5,12-13H2,1H3;1H. The van der Waals surface area contributed by atoms with Gasteiger partial charge in [0.25, 0.3) is 0 Å². The lowest BCUT2D eigenvalue weighted by Gasteiger charge is -2.09. The molecule has 0 radical (unpaired) electrons. The fraction of sp³-hybridized carbons (Fsp3) is 0.211. The van der Waals surface area contributed by atoms with Crippen molar-refractivity contribution in [1.82, 2.24) is 4.57 Å². The van der Waals surface area contributed by atoms with E-state index in [1.165, 1.54) is 0 Å². The largest absolute Gasteiger partial charge is 0.497 e. The van der Waals surface area contributed by atoms with E-state index in [4.69, 9.17) is 9.73 Å². The fourth-order valence-corrected chi connectivity index (χ4v) is 3.42. The van der Waals surface area contributed by atoms with E-state index in [0.29, 0.717) is 6.42 Å². The van der Waals surface area contributed by atoms with E-state index in [1.807, 2.05) is 54.6 Å². The Kier molecular flexibility index (Phi) is 7.43. The highest BCUT2D eigenvalue weighted by molar-refractivity contribution is 8.93. The van der Waals surface area contributed by atoms with Gasteiger partial charge in [0.05, 0.1) is 18.5 Å². The predicted molar refractivity (Wildman–Crippen MR) is 108 cm³/mol. The van der Waals surface area contributed by atoms with Crippen LogP contribution in [-0.4, -0.2) is 23.4 Å². The fourth-order valence-electron chi connectivity index (χ4n) is 2.47. The van der Waals surface area contributed by atoms with Gasteiger partial charge in [0, 0.05) is 18.5 Å². The minimum absolute atomic E-state index is 0. The van der Waals surface area contributed by atoms with Gasteiger partial charge in [-0.25, -0.2) is 4.99 Å². The Morgan fingerprint density at radius 2 is 1.80 bits per heavy atom. The molecule has 0 aliphatic rings. The molecule has 0 aliphatic heterocycles. The molecule has 0 amide bonds. The van der Waals surface area contributed by atoms with E-state index < -0.39 is 0 Å². The molecule has 0 spiro atoms. The number of benzene rings is 2. The number of aromatic nitrogens is 1. The lowest BCUT2D eigenvalue weighted by Crippen LogP contribution is -2.16. The Morgan fingerprint density at radius 1 is 1.08 bits per heavy atom. The zero-order chi connectivity index (χ0) is 16.8. The van der Waals surface area contributed by atoms with E-state index >= 15 is 0 Å². The van der Waals surface area contributed by atoms with Crippen LogP contribution in [0, 0.1) is 0 Å². The average molecular weight is 421 g/mol. The van der Waals surface area contributed by atoms with Crippen LogP contribution < -0.4 is 9.54 Å². The molecule has 4 nitrogen and oxygen atoms in total. The van der Waals surface area contributed by atoms with Gasteiger partial charge < -0.3 is 14.4 Å². The summed E-state index contributed by atoms with van der Waals surface area (Å²) in [6.45, 7) is 0.892. The Hall–Kier alpha value is -1.89. The molecule has 3 rings (SSSR count). The molecule has 6 heteroatoms. The minimum atomic E-state index is 0. The van der Waals surface area contributed by atoms with Gasteiger partial charge in [-0.15, -0.1) is 28.3 Å². The highest BCUT2D eigenvalue weighted by atomic mass is 79.9. The normalized spacial score (nSPS) is 11.2. The number of nitrogens with zero attached hydrogens (tertiary/aromatic N) is 2. The molecule has 3 aromatic rings. The second kappa shape index (κ2) is 9.56. The molecule has 2 aromatic carbocycles. The Labute approximate surface area is 161 Å². The molecule has 1 N–H and O–H groups in total. The summed E-state index contributed by atoms with van der Waals surface area (Å²) in [5.41, 5.74) is 3.14. The number of rotatable bonds is 6. The highest BCUT2D eigenvalue weighted by Gasteiger charge is 2.08. The summed E-state index contributed by atoms with van der Waals surface area (Å²) >= 11 is 1.61. The van der Waals surface area contributed by atoms with E-state index in [2.05, 4.69) is 9.95 Å². The van der Waals surface area contributed by atoms with Gasteiger partial charge in [-0.2, -0.15) is 0 Å². The smallest absolute Gasteiger partial charge is 0.190 e. The van der Waals surface area contributed by atoms with Crippen molar-refractivity contribution in [3.63, 3.8) is 0 Å². The van der Waals surface area contributed by atoms with Crippen LogP contribution in [-0.2, 0) is 6.54 Å². The molecule has 132 valence electrons. The van der Waals surface area contributed by atoms with Gasteiger partial charge in [-0.05, 0) is 48.4 Å². The third-order valence-corrected chi connectivity index (χ3v) is 4.57. The van der Waals surface area contributed by atoms with Gasteiger partial charge in [0.15, 0.2) is 4.80 Å². The summed E-state index contributed by atoms with van der Waals surface area (Å²) in [6.07, 6.45) is 0.696. The monoisotopic (exact) mass is 420 g/mol. The first kappa shape index (κ1) is 19.4. The lowest BCUT2D eigenvalue weighted by molar-refractivity contribution is 0.279. The Bertz CT molecular complexity index is 842. The third-order valence-electron chi connectivity index (χ3n) is 3.70. The van der Waals surface area contributed by atoms with E-state index in [0.717, 1.165) is 34.0 Å². The number of ether oxygens (including phenoxy) is 1. The van der Waals surface area contributed by atoms with Gasteiger partial charge in [-0.1, -0.05) is 18.2 Å². The molecule has 0 atom stereocenters. The van der Waals surface area contributed by atoms with Crippen molar-refractivity contribution in [1.29, 1.82) is 0 Å². The molecule has 0 aliphatic carbocycles. The van der Waals surface area contributed by atoms with Crippen molar-refractivity contribution < 1.29 is 9.84 Å². The first-order valence-electron chi connectivity index (χ1n) is 7.85. The maximum atomic E-state index is 9.22. The number of thiazole rings is 1. The van der Waals surface area contributed by atoms with Crippen LogP contribution in [0.5, 0.6) is 5.75 Å². The van der Waals surface area contributed by atoms with Gasteiger partial charge in [0.2, 0.25) is 0 Å². The summed E-state index contributed by atoms with van der Waals surface area (Å²) in [6, 6.07) is 17.9. The van der Waals surface area contributed by atoms with Crippen LogP contribution in [0.4, 0.5) is 5.69 Å². The summed E-state index contributed by atoms with van der Waals surface area (Å²) in [5, 5.41) is 11.3. The van der Waals surface area contributed by atoms with Gasteiger partial charge >= 0.3 is 0 Å². The third kappa shape index (κ3) is 4.81. The van der Waals surface area contributed by atoms with Crippen LogP contribution >= 0.6 is 28.3 Å². The quantitative estimate of drug-likeness (QED) is 0.641. The maximum absolute atomic E-state index is 9.22. The van der Waals surface area contributed by atoms with Crippen molar-refractivity contribution in [3.05, 3.63) is 64.8 Å². The van der Waals surface area contributed by atoms with E-state index in [9.17, 15) is 5.11 Å². The topological polar surface area (TPSA) is 46.8 Å². The summed E-state index contributed by atoms with van der Waals surface area (Å²) in [4.78, 5) is 5.68. The molecule has 0 unspecified atom stereocenters. The molecular formula is C19H21BrN2O2S. The van der Waals surface area contributed by atoms with E-state index in [1.54, 1.807) is 18.4 Å². The predicted octanol–water partition coefficient (Wildman–Crippen LogP) is 4.42. The average Bonchev–Trinajstić information content (AvgIpc) is 3.03. The first-order valence-corrected chi connectivity index (χ1v) is 8.73. The van der Waals surface area contributed by atoms with Crippen LogP contribution in [0.3, 0.4) is 0 Å². The second-order valence-corrected chi connectivity index (χ2v) is 6.14. The minimum Gasteiger partial charge on any atom is -0.497 e. The number of aliphatic hydroxyl groups is 1. The second-order valence-electron chi connectivity index (χ2n) is 5.31. The lowest BCUT2D eigenvalue weighted by atomic mass is 10.1. The zero-order valence-corrected chi connectivity index (χ0v) is 16.5. The van der Waals surface area contributed by atoms with Crippen molar-refractivity contribution in [2.24, 2.45) is 4.99 Å². The number of para-hydroxylation sites is 1. The van der Waals surface area contributed by atoms with Crippen LogP contribution in [0.15, 0.2) is 65.0 Å². The number of halogens is 1. The first-order chi connectivity index (χ1) is 11.8. The summed E-state index contributed by atoms with van der Waals surface area (Å²) in [7, 11) is 1.66. The number of aliphatic hydroxyl groups excluding tert-OH is 1. The molecular weight excluding hydrogens is 400 g/mol. The molecule has 0 saturated heterocycles. The van der Waals surface area contributed by atoms with Crippen LogP contribution in [0.1, 0.15) is 6.42 Å². The number of hydrogen-bond donors (Lipinski definition) is 1. The molecule has 0 bridgehead atoms. The summed E-state index contributed by atoms with van der Waals surface area (Å²) < 4.78 is 7.39. The molecule has 0 saturated carbocycles. The van der Waals surface area contributed by atoms with Crippen molar-refractivity contribution in [3.8, 4) is 17.0 Å². The van der Waals surface area contributed by atoms with Gasteiger partial charge in [-0.3, -0.25) is 0 Å². The van der Waals surface area contributed by atoms with Crippen LogP contribution in [0.2, 0.25) is 0 Å². The Balaban J connectivity index is 0.00000225. The molecule has 1 heterocycles. The van der Waals surface area contributed by atoms with Crippen molar-refractivity contribution in [2.75, 3.05) is 13.7 Å². The van der Waals surface area contributed by atoms with Crippen molar-refractivity contribution in [2.45, 2.75) is 13.0 Å². The molecule has 25 heavy (non-hydrogen) atoms. The summed E-state index contributed by atoms with van der Waals surface area (Å²) in [5.74, 6) is 0.838.